The summed E-state index contributed by atoms with van der Waals surface area (Å²) in [7, 11) is 2.21. The molecule has 4 nitrogen and oxygen atoms in total. The third kappa shape index (κ3) is 3.08. The Morgan fingerprint density at radius 2 is 1.95 bits per heavy atom. The number of halogens is 1. The van der Waals surface area contributed by atoms with Crippen LogP contribution in [0, 0.1) is 0 Å². The largest absolute Gasteiger partial charge is 0.147 e. The van der Waals surface area contributed by atoms with Gasteiger partial charge in [0.25, 0.3) is 0 Å². The second-order valence-electron chi connectivity index (χ2n) is 5.90. The van der Waals surface area contributed by atoms with Crippen molar-refractivity contribution in [3.05, 3.63) is 12.3 Å². The fourth-order valence-corrected chi connectivity index (χ4v) is 8.04. The van der Waals surface area contributed by atoms with Crippen LogP contribution in [0.25, 0.3) is 0 Å². The average Bonchev–Trinajstić information content (AvgIpc) is 2.82. The van der Waals surface area contributed by atoms with E-state index in [4.69, 9.17) is 4.74 Å². The van der Waals surface area contributed by atoms with Crippen molar-refractivity contribution in [1.29, 1.82) is 0 Å². The van der Waals surface area contributed by atoms with E-state index in [0.29, 0.717) is 12.1 Å². The number of piperidine rings is 1. The van der Waals surface area contributed by atoms with Crippen molar-refractivity contribution >= 4 is 40.2 Å². The van der Waals surface area contributed by atoms with Gasteiger partial charge in [-0.05, 0) is 0 Å². The Labute approximate surface area is 129 Å². The average molecular weight is 389 g/mol. The molecule has 0 saturated carbocycles. The Morgan fingerprint density at radius 3 is 2.47 bits per heavy atom. The summed E-state index contributed by atoms with van der Waals surface area (Å²) >= 11 is -1.77. The maximum absolute atomic E-state index is 12.1. The zero-order valence-electron chi connectivity index (χ0n) is 11.6. The van der Waals surface area contributed by atoms with Crippen LogP contribution in [-0.4, -0.2) is 60.8 Å². The number of hydrogen-bond acceptors (Lipinski definition) is 3. The van der Waals surface area contributed by atoms with Crippen LogP contribution in [0.3, 0.4) is 0 Å². The van der Waals surface area contributed by atoms with Gasteiger partial charge < -0.3 is 0 Å². The van der Waals surface area contributed by atoms with Crippen LogP contribution < -0.4 is 0 Å². The van der Waals surface area contributed by atoms with E-state index in [1.54, 1.807) is 0 Å². The molecule has 0 aromatic carbocycles. The molecular weight excluding hydrogens is 366 g/mol. The number of fused-ring (bicyclic) bond motifs is 2. The van der Waals surface area contributed by atoms with Gasteiger partial charge in [0.1, 0.15) is 0 Å². The van der Waals surface area contributed by atoms with Crippen molar-refractivity contribution in [1.82, 2.24) is 7.79 Å². The molecule has 0 aliphatic carbocycles. The fourth-order valence-electron chi connectivity index (χ4n) is 3.53. The molecule has 1 amide bonds. The number of ether oxygens (including phenoxy) is 1. The number of carbonyl (C=O) groups excluding carboxylic acids is 1. The van der Waals surface area contributed by atoms with Crippen molar-refractivity contribution in [2.24, 2.45) is 0 Å². The third-order valence-electron chi connectivity index (χ3n) is 4.75. The van der Waals surface area contributed by atoms with Gasteiger partial charge in [0, 0.05) is 0 Å². The second-order valence-corrected chi connectivity index (χ2v) is 13.7. The summed E-state index contributed by atoms with van der Waals surface area (Å²) < 4.78 is 11.1. The molecule has 0 aromatic rings. The summed E-state index contributed by atoms with van der Waals surface area (Å²) in [6.07, 6.45) is 8.76. The fraction of sp³-hybridized carbons (Fsp3) is 0.769. The predicted octanol–water partition coefficient (Wildman–Crippen LogP) is 2.62. The molecule has 2 unspecified atom stereocenters. The van der Waals surface area contributed by atoms with Gasteiger partial charge in [0.15, 0.2) is 0 Å². The maximum atomic E-state index is 12.1. The molecule has 2 bridgehead atoms. The molecule has 19 heavy (non-hydrogen) atoms. The maximum Gasteiger partial charge on any atom is -0.147 e. The molecule has 3 aliphatic rings. The molecule has 6 heteroatoms. The summed E-state index contributed by atoms with van der Waals surface area (Å²) in [6, 6.07) is 1.27. The second kappa shape index (κ2) is 6.27. The van der Waals surface area contributed by atoms with E-state index in [1.807, 2.05) is 9.09 Å². The first-order chi connectivity index (χ1) is 8.65. The molecule has 0 N–H and O–H groups in total. The van der Waals surface area contributed by atoms with Gasteiger partial charge in [-0.2, -0.15) is 0 Å². The van der Waals surface area contributed by atoms with Crippen molar-refractivity contribution in [3.63, 3.8) is 0 Å². The summed E-state index contributed by atoms with van der Waals surface area (Å²) in [4.78, 5) is 14.6. The SMILES string of the molecule is CN1C2CCC1CC(OC(=O)[N]1C=C[CH2][In]1[CH3])C2.Cl. The van der Waals surface area contributed by atoms with E-state index in [1.165, 1.54) is 12.8 Å². The molecule has 3 heterocycles. The van der Waals surface area contributed by atoms with E-state index in [-0.39, 0.29) is 24.6 Å². The predicted molar refractivity (Wildman–Crippen MR) is 78.7 cm³/mol. The first-order valence-electron chi connectivity index (χ1n) is 7.02. The van der Waals surface area contributed by atoms with Crippen LogP contribution in [0.1, 0.15) is 25.7 Å². The van der Waals surface area contributed by atoms with Crippen LogP contribution >= 0.6 is 12.4 Å². The van der Waals surface area contributed by atoms with Crippen LogP contribution in [0.15, 0.2) is 12.3 Å². The molecule has 2 atom stereocenters. The monoisotopic (exact) mass is 388 g/mol. The molecular formula is C13H22ClInN2O2. The standard InChI is InChI=1S/C12H19N2O2.CH3.ClH.In/c1-3-6-13-12(15)16-11-7-9-4-5-10(8-11)14(9)2;;;/h3,6,9-11H,1,4-5,7-8H2,2H3,(H,13,15);1H3;1H;/q;;;+1/p-1. The Bertz CT molecular complexity index is 366. The quantitative estimate of drug-likeness (QED) is 0.692. The van der Waals surface area contributed by atoms with Gasteiger partial charge in [-0.3, -0.25) is 0 Å². The first kappa shape index (κ1) is 15.5. The number of rotatable bonds is 1. The normalized spacial score (nSPS) is 33.5. The Balaban J connectivity index is 0.00000133. The van der Waals surface area contributed by atoms with Crippen molar-refractivity contribution in [3.8, 4) is 0 Å². The molecule has 3 rings (SSSR count). The summed E-state index contributed by atoms with van der Waals surface area (Å²) in [5, 5.41) is 0. The number of nitrogens with zero attached hydrogens (tertiary/aromatic N) is 2. The van der Waals surface area contributed by atoms with Gasteiger partial charge in [-0.25, -0.2) is 0 Å². The van der Waals surface area contributed by atoms with E-state index < -0.39 is 21.7 Å². The van der Waals surface area contributed by atoms with E-state index in [2.05, 4.69) is 22.7 Å². The minimum atomic E-state index is -1.77. The number of allylic oxidation sites excluding steroid dienone is 1. The van der Waals surface area contributed by atoms with Crippen LogP contribution in [0.2, 0.25) is 8.86 Å². The number of hydrogen-bond donors (Lipinski definition) is 0. The summed E-state index contributed by atoms with van der Waals surface area (Å²) in [6.45, 7) is 0. The minimum Gasteiger partial charge on any atom is -0.147 e. The Kier molecular flexibility index (Phi) is 5.12. The zero-order valence-corrected chi connectivity index (χ0v) is 15.7. The first-order valence-corrected chi connectivity index (χ1v) is 14.1. The van der Waals surface area contributed by atoms with Crippen molar-refractivity contribution in [2.45, 2.75) is 52.7 Å². The Morgan fingerprint density at radius 1 is 1.32 bits per heavy atom. The van der Waals surface area contributed by atoms with Crippen LogP contribution in [0.5, 0.6) is 0 Å². The van der Waals surface area contributed by atoms with E-state index in [9.17, 15) is 4.79 Å². The van der Waals surface area contributed by atoms with Gasteiger partial charge >= 0.3 is 117 Å². The topological polar surface area (TPSA) is 32.8 Å². The Hall–Kier alpha value is 0.130. The van der Waals surface area contributed by atoms with Gasteiger partial charge in [-0.15, -0.1) is 12.4 Å². The van der Waals surface area contributed by atoms with Crippen molar-refractivity contribution < 1.29 is 9.53 Å². The van der Waals surface area contributed by atoms with Gasteiger partial charge in [0.2, 0.25) is 0 Å². The molecule has 3 aliphatic heterocycles. The smallest absolute Gasteiger partial charge is 0.147 e. The number of carbonyl (C=O) groups is 1. The summed E-state index contributed by atoms with van der Waals surface area (Å²) in [5.41, 5.74) is 0. The van der Waals surface area contributed by atoms with E-state index in [0.717, 1.165) is 17.0 Å². The van der Waals surface area contributed by atoms with E-state index >= 15 is 0 Å². The minimum absolute atomic E-state index is 0. The van der Waals surface area contributed by atoms with Crippen molar-refractivity contribution in [2.75, 3.05) is 7.05 Å². The third-order valence-corrected chi connectivity index (χ3v) is 11.3. The molecule has 2 saturated heterocycles. The number of amides is 1. The van der Waals surface area contributed by atoms with Gasteiger partial charge in [-0.1, -0.05) is 0 Å². The molecule has 0 aromatic heterocycles. The molecule has 106 valence electrons. The molecule has 2 fully saturated rings. The van der Waals surface area contributed by atoms with Crippen LogP contribution in [0.4, 0.5) is 4.79 Å². The van der Waals surface area contributed by atoms with Crippen LogP contribution in [-0.2, 0) is 4.74 Å². The zero-order chi connectivity index (χ0) is 12.7. The molecule has 0 spiro atoms. The molecule has 0 radical (unpaired) electrons. The summed E-state index contributed by atoms with van der Waals surface area (Å²) in [5.74, 6) is 0. The van der Waals surface area contributed by atoms with Gasteiger partial charge in [0.05, 0.1) is 0 Å².